The number of H-pyrrole nitrogens is 1. The lowest BCUT2D eigenvalue weighted by molar-refractivity contribution is 0.0911. The van der Waals surface area contributed by atoms with Gasteiger partial charge in [-0.15, -0.1) is 0 Å². The molecule has 1 saturated carbocycles. The molecule has 1 fully saturated rings. The van der Waals surface area contributed by atoms with E-state index in [0.717, 1.165) is 18.5 Å². The number of carbonyl (C=O) groups is 1. The number of aromatic amines is 1. The normalized spacial score (nSPS) is 15.6. The Morgan fingerprint density at radius 1 is 1.36 bits per heavy atom. The largest absolute Gasteiger partial charge is 0.387 e. The van der Waals surface area contributed by atoms with E-state index in [2.05, 4.69) is 15.5 Å². The molecule has 0 unspecified atom stereocenters. The van der Waals surface area contributed by atoms with Crippen LogP contribution in [0, 0.1) is 0 Å². The summed E-state index contributed by atoms with van der Waals surface area (Å²) in [5, 5.41) is 20.5. The number of aliphatic hydroxyl groups is 1. The highest BCUT2D eigenvalue weighted by atomic mass is 35.5. The average Bonchev–Trinajstić information content (AvgIpc) is 3.28. The first-order valence-corrected chi connectivity index (χ1v) is 7.77. The maximum Gasteiger partial charge on any atom is 0.273 e. The van der Waals surface area contributed by atoms with Crippen LogP contribution in [0.15, 0.2) is 24.3 Å². The summed E-state index contributed by atoms with van der Waals surface area (Å²) in [5.41, 5.74) is 1.67. The monoisotopic (exact) mass is 339 g/mol. The topological polar surface area (TPSA) is 78.0 Å². The fraction of sp³-hybridized carbons (Fsp3) is 0.333. The van der Waals surface area contributed by atoms with E-state index in [-0.39, 0.29) is 12.2 Å². The lowest BCUT2D eigenvalue weighted by Crippen LogP contribution is -2.28. The smallest absolute Gasteiger partial charge is 0.273 e. The second-order valence-electron chi connectivity index (χ2n) is 5.35. The van der Waals surface area contributed by atoms with E-state index < -0.39 is 12.0 Å². The number of benzene rings is 1. The van der Waals surface area contributed by atoms with Crippen molar-refractivity contribution in [2.75, 3.05) is 6.54 Å². The van der Waals surface area contributed by atoms with Crippen molar-refractivity contribution in [1.82, 2.24) is 15.5 Å². The van der Waals surface area contributed by atoms with Gasteiger partial charge < -0.3 is 10.4 Å². The SMILES string of the molecule is O=C(NC[C@@H](O)c1ccc(Cl)cc1)c1n[nH]c(C2CC2)c1Cl. The lowest BCUT2D eigenvalue weighted by Gasteiger charge is -2.11. The number of amides is 1. The van der Waals surface area contributed by atoms with Crippen LogP contribution in [0.2, 0.25) is 10.0 Å². The van der Waals surface area contributed by atoms with Gasteiger partial charge in [-0.05, 0) is 30.5 Å². The van der Waals surface area contributed by atoms with E-state index in [1.165, 1.54) is 0 Å². The molecule has 0 radical (unpaired) electrons. The van der Waals surface area contributed by atoms with Crippen molar-refractivity contribution in [2.45, 2.75) is 24.9 Å². The molecule has 0 aliphatic heterocycles. The van der Waals surface area contributed by atoms with Crippen LogP contribution in [0.1, 0.15) is 46.6 Å². The summed E-state index contributed by atoms with van der Waals surface area (Å²) in [5.74, 6) is -0.0117. The molecule has 1 heterocycles. The number of rotatable bonds is 5. The van der Waals surface area contributed by atoms with Crippen LogP contribution in [-0.2, 0) is 0 Å². The Labute approximate surface area is 137 Å². The number of aliphatic hydroxyl groups excluding tert-OH is 1. The molecule has 3 N–H and O–H groups in total. The third-order valence-electron chi connectivity index (χ3n) is 3.64. The molecule has 1 amide bonds. The van der Waals surface area contributed by atoms with E-state index in [9.17, 15) is 9.90 Å². The van der Waals surface area contributed by atoms with Gasteiger partial charge in [0.15, 0.2) is 5.69 Å². The van der Waals surface area contributed by atoms with Crippen LogP contribution in [0.3, 0.4) is 0 Å². The van der Waals surface area contributed by atoms with Gasteiger partial charge in [0, 0.05) is 17.5 Å². The molecule has 1 atom stereocenters. The number of nitrogens with zero attached hydrogens (tertiary/aromatic N) is 1. The van der Waals surface area contributed by atoms with Crippen molar-refractivity contribution in [2.24, 2.45) is 0 Å². The summed E-state index contributed by atoms with van der Waals surface area (Å²) >= 11 is 12.0. The first-order chi connectivity index (χ1) is 10.6. The Morgan fingerprint density at radius 2 is 2.05 bits per heavy atom. The molecule has 0 saturated heterocycles. The Morgan fingerprint density at radius 3 is 2.68 bits per heavy atom. The van der Waals surface area contributed by atoms with Gasteiger partial charge in [0.1, 0.15) is 0 Å². The number of aromatic nitrogens is 2. The third kappa shape index (κ3) is 3.27. The molecule has 1 aromatic carbocycles. The molecule has 1 aliphatic rings. The van der Waals surface area contributed by atoms with Crippen LogP contribution < -0.4 is 5.32 Å². The van der Waals surface area contributed by atoms with Gasteiger partial charge in [0.05, 0.1) is 16.8 Å². The van der Waals surface area contributed by atoms with Gasteiger partial charge in [0.2, 0.25) is 0 Å². The van der Waals surface area contributed by atoms with Crippen LogP contribution in [-0.4, -0.2) is 27.8 Å². The van der Waals surface area contributed by atoms with Gasteiger partial charge in [-0.25, -0.2) is 0 Å². The summed E-state index contributed by atoms with van der Waals surface area (Å²) in [6.45, 7) is 0.0718. The van der Waals surface area contributed by atoms with Gasteiger partial charge in [-0.1, -0.05) is 35.3 Å². The van der Waals surface area contributed by atoms with E-state index in [1.807, 2.05) is 0 Å². The number of halogens is 2. The summed E-state index contributed by atoms with van der Waals surface area (Å²) in [4.78, 5) is 12.1. The molecule has 2 aromatic rings. The van der Waals surface area contributed by atoms with Crippen molar-refractivity contribution in [3.63, 3.8) is 0 Å². The highest BCUT2D eigenvalue weighted by molar-refractivity contribution is 6.34. The van der Waals surface area contributed by atoms with Gasteiger partial charge in [0.25, 0.3) is 5.91 Å². The number of carbonyl (C=O) groups excluding carboxylic acids is 1. The number of hydrogen-bond donors (Lipinski definition) is 3. The van der Waals surface area contributed by atoms with Crippen LogP contribution in [0.5, 0.6) is 0 Å². The zero-order valence-corrected chi connectivity index (χ0v) is 13.2. The summed E-state index contributed by atoms with van der Waals surface area (Å²) < 4.78 is 0. The quantitative estimate of drug-likeness (QED) is 0.783. The molecular weight excluding hydrogens is 325 g/mol. The fourth-order valence-electron chi connectivity index (χ4n) is 2.21. The van der Waals surface area contributed by atoms with Crippen molar-refractivity contribution in [3.05, 3.63) is 51.3 Å². The van der Waals surface area contributed by atoms with E-state index in [4.69, 9.17) is 23.2 Å². The van der Waals surface area contributed by atoms with Crippen molar-refractivity contribution in [1.29, 1.82) is 0 Å². The minimum atomic E-state index is -0.818. The number of hydrogen-bond acceptors (Lipinski definition) is 3. The zero-order chi connectivity index (χ0) is 15.7. The van der Waals surface area contributed by atoms with Crippen LogP contribution in [0.4, 0.5) is 0 Å². The zero-order valence-electron chi connectivity index (χ0n) is 11.6. The number of nitrogens with one attached hydrogen (secondary N) is 2. The summed E-state index contributed by atoms with van der Waals surface area (Å²) in [6.07, 6.45) is 1.32. The predicted octanol–water partition coefficient (Wildman–Crippen LogP) is 3.06. The molecule has 116 valence electrons. The molecule has 1 aromatic heterocycles. The summed E-state index contributed by atoms with van der Waals surface area (Å²) in [7, 11) is 0. The Balaban J connectivity index is 1.61. The molecule has 1 aliphatic carbocycles. The first-order valence-electron chi connectivity index (χ1n) is 7.01. The predicted molar refractivity (Wildman–Crippen MR) is 84.3 cm³/mol. The molecule has 5 nitrogen and oxygen atoms in total. The van der Waals surface area contributed by atoms with E-state index in [1.54, 1.807) is 24.3 Å². The van der Waals surface area contributed by atoms with Crippen molar-refractivity contribution >= 4 is 29.1 Å². The highest BCUT2D eigenvalue weighted by Crippen LogP contribution is 2.42. The maximum atomic E-state index is 12.1. The van der Waals surface area contributed by atoms with Crippen molar-refractivity contribution in [3.8, 4) is 0 Å². The molecule has 0 spiro atoms. The Kier molecular flexibility index (Phi) is 4.38. The summed E-state index contributed by atoms with van der Waals surface area (Å²) in [6, 6.07) is 6.81. The third-order valence-corrected chi connectivity index (χ3v) is 4.28. The Bertz CT molecular complexity index is 681. The van der Waals surface area contributed by atoms with E-state index >= 15 is 0 Å². The lowest BCUT2D eigenvalue weighted by atomic mass is 10.1. The molecule has 0 bridgehead atoms. The van der Waals surface area contributed by atoms with E-state index in [0.29, 0.717) is 21.5 Å². The van der Waals surface area contributed by atoms with Gasteiger partial charge >= 0.3 is 0 Å². The van der Waals surface area contributed by atoms with Crippen LogP contribution >= 0.6 is 23.2 Å². The average molecular weight is 340 g/mol. The molecule has 22 heavy (non-hydrogen) atoms. The van der Waals surface area contributed by atoms with Gasteiger partial charge in [-0.3, -0.25) is 9.89 Å². The standard InChI is InChI=1S/C15H15Cl2N3O2/c16-10-5-3-8(4-6-10)11(21)7-18-15(22)14-12(17)13(19-20-14)9-1-2-9/h3-6,9,11,21H,1-2,7H2,(H,18,22)(H,19,20)/t11-/m1/s1. The van der Waals surface area contributed by atoms with Crippen molar-refractivity contribution < 1.29 is 9.90 Å². The Hall–Kier alpha value is -1.56. The second kappa shape index (κ2) is 6.28. The first kappa shape index (κ1) is 15.3. The minimum Gasteiger partial charge on any atom is -0.387 e. The maximum absolute atomic E-state index is 12.1. The molecule has 7 heteroatoms. The molecule has 3 rings (SSSR count). The minimum absolute atomic E-state index is 0.0718. The van der Waals surface area contributed by atoms with Crippen LogP contribution in [0.25, 0.3) is 0 Å². The highest BCUT2D eigenvalue weighted by Gasteiger charge is 2.30. The van der Waals surface area contributed by atoms with Gasteiger partial charge in [-0.2, -0.15) is 5.10 Å². The fourth-order valence-corrected chi connectivity index (χ4v) is 2.66. The molecular formula is C15H15Cl2N3O2. The second-order valence-corrected chi connectivity index (χ2v) is 6.17.